The molecule has 2 aromatic rings. The van der Waals surface area contributed by atoms with E-state index in [-0.39, 0.29) is 12.0 Å². The predicted molar refractivity (Wildman–Crippen MR) is 112 cm³/mol. The van der Waals surface area contributed by atoms with Gasteiger partial charge in [-0.3, -0.25) is 4.79 Å². The number of aromatic nitrogens is 1. The molecule has 29 heavy (non-hydrogen) atoms. The van der Waals surface area contributed by atoms with Crippen LogP contribution in [-0.4, -0.2) is 37.8 Å². The van der Waals surface area contributed by atoms with Crippen LogP contribution in [0.15, 0.2) is 52.7 Å². The highest BCUT2D eigenvalue weighted by Gasteiger charge is 2.36. The Bertz CT molecular complexity index is 1030. The fourth-order valence-corrected chi connectivity index (χ4v) is 3.46. The summed E-state index contributed by atoms with van der Waals surface area (Å²) in [6.45, 7) is 5.65. The van der Waals surface area contributed by atoms with Crippen LogP contribution >= 0.6 is 15.9 Å². The van der Waals surface area contributed by atoms with E-state index in [1.807, 2.05) is 18.3 Å². The Morgan fingerprint density at radius 1 is 1.10 bits per heavy atom. The third-order valence-electron chi connectivity index (χ3n) is 4.73. The molecule has 8 heteroatoms. The Labute approximate surface area is 176 Å². The van der Waals surface area contributed by atoms with Crippen molar-refractivity contribution in [2.45, 2.75) is 33.2 Å². The summed E-state index contributed by atoms with van der Waals surface area (Å²) in [5.74, 6) is -2.98. The van der Waals surface area contributed by atoms with Crippen molar-refractivity contribution >= 4 is 44.7 Å². The fourth-order valence-electron chi connectivity index (χ4n) is 3.02. The van der Waals surface area contributed by atoms with Gasteiger partial charge in [0.05, 0.1) is 16.6 Å². The first-order chi connectivity index (χ1) is 13.5. The van der Waals surface area contributed by atoms with Crippen molar-refractivity contribution in [1.29, 1.82) is 0 Å². The van der Waals surface area contributed by atoms with E-state index in [1.54, 1.807) is 12.1 Å². The van der Waals surface area contributed by atoms with Crippen LogP contribution in [-0.2, 0) is 9.59 Å². The summed E-state index contributed by atoms with van der Waals surface area (Å²) in [5, 5.41) is 27.5. The topological polar surface area (TPSA) is 117 Å². The van der Waals surface area contributed by atoms with Gasteiger partial charge >= 0.3 is 17.9 Å². The number of allylic oxidation sites excluding steroid dienone is 2. The summed E-state index contributed by atoms with van der Waals surface area (Å²) in [6.07, 6.45) is 4.89. The number of rotatable bonds is 4. The second-order valence-corrected chi connectivity index (χ2v) is 8.08. The van der Waals surface area contributed by atoms with E-state index in [0.29, 0.717) is 16.1 Å². The smallest absolute Gasteiger partial charge is 0.336 e. The maximum atomic E-state index is 11.0. The van der Waals surface area contributed by atoms with Crippen LogP contribution in [0.25, 0.3) is 10.9 Å². The molecule has 0 aliphatic heterocycles. The van der Waals surface area contributed by atoms with Gasteiger partial charge in [-0.15, -0.1) is 0 Å². The SMILES string of the molecule is CC(C)n1ccc2c(C(=O)O)cccc21.CC1(C(=O)O)C=CC(Br)=C(C(=O)O)C1. The molecule has 1 aliphatic rings. The van der Waals surface area contributed by atoms with Gasteiger partial charge in [0.15, 0.2) is 0 Å². The largest absolute Gasteiger partial charge is 0.481 e. The van der Waals surface area contributed by atoms with Crippen molar-refractivity contribution in [3.63, 3.8) is 0 Å². The summed E-state index contributed by atoms with van der Waals surface area (Å²) in [5.41, 5.74) is 0.319. The molecule has 7 nitrogen and oxygen atoms in total. The van der Waals surface area contributed by atoms with Crippen LogP contribution in [0.1, 0.15) is 43.6 Å². The minimum absolute atomic E-state index is 0.00521. The molecule has 0 amide bonds. The average Bonchev–Trinajstić information content (AvgIpc) is 3.08. The van der Waals surface area contributed by atoms with E-state index >= 15 is 0 Å². The molecule has 0 spiro atoms. The number of carboxylic acids is 3. The highest BCUT2D eigenvalue weighted by Crippen LogP contribution is 2.36. The van der Waals surface area contributed by atoms with Gasteiger partial charge < -0.3 is 19.9 Å². The maximum Gasteiger partial charge on any atom is 0.336 e. The Morgan fingerprint density at radius 3 is 2.28 bits per heavy atom. The van der Waals surface area contributed by atoms with Crippen molar-refractivity contribution in [3.8, 4) is 0 Å². The number of carboxylic acid groups (broad SMARTS) is 3. The first-order valence-electron chi connectivity index (χ1n) is 8.85. The molecule has 0 fully saturated rings. The number of nitrogens with zero attached hydrogens (tertiary/aromatic N) is 1. The van der Waals surface area contributed by atoms with Crippen LogP contribution in [0.4, 0.5) is 0 Å². The van der Waals surface area contributed by atoms with E-state index in [4.69, 9.17) is 15.3 Å². The quantitative estimate of drug-likeness (QED) is 0.605. The molecule has 1 heterocycles. The van der Waals surface area contributed by atoms with Crippen LogP contribution in [0, 0.1) is 5.41 Å². The normalized spacial score (nSPS) is 18.5. The number of fused-ring (bicyclic) bond motifs is 1. The third kappa shape index (κ3) is 4.76. The molecule has 0 saturated carbocycles. The lowest BCUT2D eigenvalue weighted by atomic mass is 9.80. The van der Waals surface area contributed by atoms with E-state index in [9.17, 15) is 14.4 Å². The zero-order valence-electron chi connectivity index (χ0n) is 16.2. The van der Waals surface area contributed by atoms with E-state index < -0.39 is 23.3 Å². The number of carbonyl (C=O) groups is 3. The lowest BCUT2D eigenvalue weighted by Crippen LogP contribution is -2.29. The summed E-state index contributed by atoms with van der Waals surface area (Å²) < 4.78 is 2.51. The van der Waals surface area contributed by atoms with E-state index in [2.05, 4.69) is 34.3 Å². The van der Waals surface area contributed by atoms with E-state index in [1.165, 1.54) is 19.1 Å². The number of aliphatic carboxylic acids is 2. The van der Waals surface area contributed by atoms with Crippen LogP contribution in [0.3, 0.4) is 0 Å². The van der Waals surface area contributed by atoms with E-state index in [0.717, 1.165) is 10.9 Å². The highest BCUT2D eigenvalue weighted by molar-refractivity contribution is 9.12. The zero-order valence-corrected chi connectivity index (χ0v) is 17.8. The zero-order chi connectivity index (χ0) is 21.9. The molecule has 1 atom stereocenters. The second kappa shape index (κ2) is 8.65. The van der Waals surface area contributed by atoms with Crippen molar-refractivity contribution in [2.75, 3.05) is 0 Å². The Hall–Kier alpha value is -2.87. The molecule has 1 unspecified atom stereocenters. The van der Waals surface area contributed by atoms with Crippen LogP contribution in [0.2, 0.25) is 0 Å². The molecule has 1 aromatic heterocycles. The summed E-state index contributed by atoms with van der Waals surface area (Å²) in [7, 11) is 0. The van der Waals surface area contributed by atoms with Crippen LogP contribution in [0.5, 0.6) is 0 Å². The summed E-state index contributed by atoms with van der Waals surface area (Å²) >= 11 is 3.08. The number of benzene rings is 1. The molecular weight excluding hydrogens is 442 g/mol. The van der Waals surface area contributed by atoms with Gasteiger partial charge in [0.2, 0.25) is 0 Å². The fraction of sp³-hybridized carbons (Fsp3) is 0.286. The first-order valence-corrected chi connectivity index (χ1v) is 9.64. The third-order valence-corrected chi connectivity index (χ3v) is 5.47. The van der Waals surface area contributed by atoms with Crippen molar-refractivity contribution in [1.82, 2.24) is 4.57 Å². The molecular formula is C21H22BrNO6. The Morgan fingerprint density at radius 2 is 1.76 bits per heavy atom. The Balaban J connectivity index is 0.000000208. The van der Waals surface area contributed by atoms with Crippen molar-refractivity contribution < 1.29 is 29.7 Å². The average molecular weight is 464 g/mol. The molecule has 3 N–H and O–H groups in total. The van der Waals surface area contributed by atoms with Gasteiger partial charge in [-0.2, -0.15) is 0 Å². The molecule has 154 valence electrons. The van der Waals surface area contributed by atoms with Gasteiger partial charge in [0, 0.05) is 27.6 Å². The summed E-state index contributed by atoms with van der Waals surface area (Å²) in [4.78, 5) is 32.6. The second-order valence-electron chi connectivity index (χ2n) is 7.22. The minimum Gasteiger partial charge on any atom is -0.481 e. The lowest BCUT2D eigenvalue weighted by molar-refractivity contribution is -0.145. The van der Waals surface area contributed by atoms with Gasteiger partial charge in [0.25, 0.3) is 0 Å². The molecule has 1 aromatic carbocycles. The van der Waals surface area contributed by atoms with Crippen LogP contribution < -0.4 is 0 Å². The number of halogens is 1. The first kappa shape index (κ1) is 22.4. The Kier molecular flexibility index (Phi) is 6.69. The maximum absolute atomic E-state index is 11.0. The minimum atomic E-state index is -1.12. The lowest BCUT2D eigenvalue weighted by Gasteiger charge is -2.24. The van der Waals surface area contributed by atoms with Gasteiger partial charge in [-0.25, -0.2) is 9.59 Å². The highest BCUT2D eigenvalue weighted by atomic mass is 79.9. The van der Waals surface area contributed by atoms with Crippen molar-refractivity contribution in [2.24, 2.45) is 5.41 Å². The van der Waals surface area contributed by atoms with Crippen molar-refractivity contribution in [3.05, 3.63) is 58.2 Å². The molecule has 0 radical (unpaired) electrons. The standard InChI is InChI=1S/C12H13NO2.C9H9BrO4/c1-8(2)13-7-6-9-10(12(14)15)4-3-5-11(9)13;1-9(8(13)14)3-2-6(10)5(4-9)7(11)12/h3-8H,1-2H3,(H,14,15);2-3H,4H2,1H3,(H,11,12)(H,13,14). The molecule has 0 saturated heterocycles. The number of hydrogen-bond donors (Lipinski definition) is 3. The molecule has 1 aliphatic carbocycles. The number of aromatic carboxylic acids is 1. The molecule has 0 bridgehead atoms. The number of hydrogen-bond acceptors (Lipinski definition) is 3. The predicted octanol–water partition coefficient (Wildman–Crippen LogP) is 4.69. The van der Waals surface area contributed by atoms with Gasteiger partial charge in [-0.1, -0.05) is 34.1 Å². The molecule has 3 rings (SSSR count). The van der Waals surface area contributed by atoms with Gasteiger partial charge in [0.1, 0.15) is 0 Å². The van der Waals surface area contributed by atoms with Gasteiger partial charge in [-0.05, 0) is 45.4 Å². The summed E-state index contributed by atoms with van der Waals surface area (Å²) in [6, 6.07) is 7.56. The monoisotopic (exact) mass is 463 g/mol.